The Bertz CT molecular complexity index is 310. The standard InChI is InChI=1S/C13H21N3/c1-11(2)8-16-7-3-4-12(9-16)13-5-6-14-10-15-13/h5-6,10-12H,3-4,7-9H2,1-2H3/t12-/m1/s1. The Labute approximate surface area is 97.9 Å². The van der Waals surface area contributed by atoms with Gasteiger partial charge in [0.05, 0.1) is 0 Å². The van der Waals surface area contributed by atoms with E-state index in [9.17, 15) is 0 Å². The second kappa shape index (κ2) is 5.39. The Morgan fingerprint density at radius 2 is 2.38 bits per heavy atom. The third-order valence-corrected chi connectivity index (χ3v) is 3.15. The van der Waals surface area contributed by atoms with Gasteiger partial charge in [0.25, 0.3) is 0 Å². The van der Waals surface area contributed by atoms with Crippen LogP contribution in [0.4, 0.5) is 0 Å². The number of likely N-dealkylation sites (tertiary alicyclic amines) is 1. The van der Waals surface area contributed by atoms with Gasteiger partial charge in [-0.25, -0.2) is 9.97 Å². The van der Waals surface area contributed by atoms with Gasteiger partial charge >= 0.3 is 0 Å². The fourth-order valence-corrected chi connectivity index (χ4v) is 2.52. The lowest BCUT2D eigenvalue weighted by molar-refractivity contribution is 0.186. The lowest BCUT2D eigenvalue weighted by atomic mass is 9.94. The first-order chi connectivity index (χ1) is 7.75. The van der Waals surface area contributed by atoms with Crippen molar-refractivity contribution in [3.05, 3.63) is 24.3 Å². The molecule has 1 atom stereocenters. The predicted molar refractivity (Wildman–Crippen MR) is 65.3 cm³/mol. The van der Waals surface area contributed by atoms with E-state index in [2.05, 4.69) is 34.8 Å². The fourth-order valence-electron chi connectivity index (χ4n) is 2.52. The Hall–Kier alpha value is -0.960. The molecule has 0 spiro atoms. The van der Waals surface area contributed by atoms with Crippen molar-refractivity contribution in [1.29, 1.82) is 0 Å². The lowest BCUT2D eigenvalue weighted by Crippen LogP contribution is -2.37. The van der Waals surface area contributed by atoms with Gasteiger partial charge in [0, 0.05) is 30.9 Å². The molecule has 2 rings (SSSR count). The molecule has 0 aromatic carbocycles. The summed E-state index contributed by atoms with van der Waals surface area (Å²) in [6.45, 7) is 8.19. The Morgan fingerprint density at radius 3 is 3.06 bits per heavy atom. The minimum absolute atomic E-state index is 0.607. The van der Waals surface area contributed by atoms with Gasteiger partial charge < -0.3 is 4.90 Å². The molecule has 1 saturated heterocycles. The number of hydrogen-bond acceptors (Lipinski definition) is 3. The van der Waals surface area contributed by atoms with Crippen LogP contribution >= 0.6 is 0 Å². The van der Waals surface area contributed by atoms with Crippen molar-refractivity contribution in [2.24, 2.45) is 5.92 Å². The molecule has 88 valence electrons. The summed E-state index contributed by atoms with van der Waals surface area (Å²) in [7, 11) is 0. The third kappa shape index (κ3) is 3.01. The van der Waals surface area contributed by atoms with Crippen molar-refractivity contribution in [3.63, 3.8) is 0 Å². The molecule has 0 radical (unpaired) electrons. The Morgan fingerprint density at radius 1 is 1.50 bits per heavy atom. The van der Waals surface area contributed by atoms with Gasteiger partial charge in [0.1, 0.15) is 6.33 Å². The number of aromatic nitrogens is 2. The first kappa shape index (κ1) is 11.5. The van der Waals surface area contributed by atoms with Crippen molar-refractivity contribution < 1.29 is 0 Å². The monoisotopic (exact) mass is 219 g/mol. The highest BCUT2D eigenvalue weighted by atomic mass is 15.1. The molecule has 0 bridgehead atoms. The Balaban J connectivity index is 1.97. The molecule has 1 fully saturated rings. The number of hydrogen-bond donors (Lipinski definition) is 0. The number of piperidine rings is 1. The van der Waals surface area contributed by atoms with Crippen LogP contribution in [0.2, 0.25) is 0 Å². The zero-order valence-electron chi connectivity index (χ0n) is 10.3. The van der Waals surface area contributed by atoms with Crippen molar-refractivity contribution in [3.8, 4) is 0 Å². The summed E-state index contributed by atoms with van der Waals surface area (Å²) in [4.78, 5) is 10.9. The summed E-state index contributed by atoms with van der Waals surface area (Å²) in [5, 5.41) is 0. The summed E-state index contributed by atoms with van der Waals surface area (Å²) in [5.74, 6) is 1.36. The molecule has 3 heteroatoms. The molecule has 1 aromatic rings. The maximum atomic E-state index is 4.38. The average Bonchev–Trinajstić information content (AvgIpc) is 2.30. The van der Waals surface area contributed by atoms with Crippen LogP contribution < -0.4 is 0 Å². The summed E-state index contributed by atoms with van der Waals surface area (Å²) >= 11 is 0. The number of rotatable bonds is 3. The first-order valence-electron chi connectivity index (χ1n) is 6.24. The highest BCUT2D eigenvalue weighted by molar-refractivity contribution is 5.07. The van der Waals surface area contributed by atoms with Gasteiger partial charge in [-0.15, -0.1) is 0 Å². The van der Waals surface area contributed by atoms with Gasteiger partial charge in [0.2, 0.25) is 0 Å². The summed E-state index contributed by atoms with van der Waals surface area (Å²) in [6, 6.07) is 2.06. The molecule has 1 aliphatic rings. The van der Waals surface area contributed by atoms with Crippen LogP contribution in [0.1, 0.15) is 38.3 Å². The van der Waals surface area contributed by atoms with Crippen molar-refractivity contribution in [2.45, 2.75) is 32.6 Å². The topological polar surface area (TPSA) is 29.0 Å². The molecule has 0 N–H and O–H groups in total. The maximum Gasteiger partial charge on any atom is 0.115 e. The minimum Gasteiger partial charge on any atom is -0.302 e. The number of nitrogens with zero attached hydrogens (tertiary/aromatic N) is 3. The largest absolute Gasteiger partial charge is 0.302 e. The van der Waals surface area contributed by atoms with Crippen LogP contribution in [0.25, 0.3) is 0 Å². The van der Waals surface area contributed by atoms with Crippen molar-refractivity contribution >= 4 is 0 Å². The van der Waals surface area contributed by atoms with Crippen LogP contribution in [0.15, 0.2) is 18.6 Å². The second-order valence-corrected chi connectivity index (χ2v) is 5.13. The van der Waals surface area contributed by atoms with Crippen LogP contribution in [0.3, 0.4) is 0 Å². The highest BCUT2D eigenvalue weighted by Crippen LogP contribution is 2.25. The van der Waals surface area contributed by atoms with Crippen LogP contribution in [0.5, 0.6) is 0 Å². The zero-order valence-corrected chi connectivity index (χ0v) is 10.3. The fraction of sp³-hybridized carbons (Fsp3) is 0.692. The predicted octanol–water partition coefficient (Wildman–Crippen LogP) is 2.31. The van der Waals surface area contributed by atoms with E-state index < -0.39 is 0 Å². The second-order valence-electron chi connectivity index (χ2n) is 5.13. The average molecular weight is 219 g/mol. The van der Waals surface area contributed by atoms with Crippen molar-refractivity contribution in [1.82, 2.24) is 14.9 Å². The van der Waals surface area contributed by atoms with Crippen LogP contribution in [-0.2, 0) is 0 Å². The van der Waals surface area contributed by atoms with Gasteiger partial charge in [-0.1, -0.05) is 13.8 Å². The van der Waals surface area contributed by atoms with E-state index in [1.165, 1.54) is 31.6 Å². The first-order valence-corrected chi connectivity index (χ1v) is 6.24. The quantitative estimate of drug-likeness (QED) is 0.781. The van der Waals surface area contributed by atoms with Gasteiger partial charge in [-0.3, -0.25) is 0 Å². The van der Waals surface area contributed by atoms with Crippen molar-refractivity contribution in [2.75, 3.05) is 19.6 Å². The van der Waals surface area contributed by atoms with E-state index in [-0.39, 0.29) is 0 Å². The van der Waals surface area contributed by atoms with Crippen LogP contribution in [0, 0.1) is 5.92 Å². The molecule has 3 nitrogen and oxygen atoms in total. The van der Waals surface area contributed by atoms with E-state index in [0.717, 1.165) is 12.5 Å². The van der Waals surface area contributed by atoms with Gasteiger partial charge in [0.15, 0.2) is 0 Å². The minimum atomic E-state index is 0.607. The molecule has 0 amide bonds. The molecule has 1 aromatic heterocycles. The van der Waals surface area contributed by atoms with E-state index in [1.807, 2.05) is 6.20 Å². The molecule has 1 aliphatic heterocycles. The summed E-state index contributed by atoms with van der Waals surface area (Å²) in [6.07, 6.45) is 6.08. The SMILES string of the molecule is CC(C)CN1CCC[C@@H](c2ccncn2)C1. The molecule has 0 unspecified atom stereocenters. The molecule has 0 saturated carbocycles. The Kier molecular flexibility index (Phi) is 3.88. The lowest BCUT2D eigenvalue weighted by Gasteiger charge is -2.33. The molecular weight excluding hydrogens is 198 g/mol. The van der Waals surface area contributed by atoms with E-state index in [0.29, 0.717) is 5.92 Å². The zero-order chi connectivity index (χ0) is 11.4. The molecule has 0 aliphatic carbocycles. The van der Waals surface area contributed by atoms with E-state index in [4.69, 9.17) is 0 Å². The molecule has 16 heavy (non-hydrogen) atoms. The van der Waals surface area contributed by atoms with E-state index >= 15 is 0 Å². The third-order valence-electron chi connectivity index (χ3n) is 3.15. The summed E-state index contributed by atoms with van der Waals surface area (Å²) in [5.41, 5.74) is 1.21. The maximum absolute atomic E-state index is 4.38. The van der Waals surface area contributed by atoms with Gasteiger partial charge in [-0.05, 0) is 31.4 Å². The van der Waals surface area contributed by atoms with Crippen LogP contribution in [-0.4, -0.2) is 34.5 Å². The normalized spacial score (nSPS) is 22.6. The highest BCUT2D eigenvalue weighted by Gasteiger charge is 2.22. The van der Waals surface area contributed by atoms with E-state index in [1.54, 1.807) is 6.33 Å². The van der Waals surface area contributed by atoms with Gasteiger partial charge in [-0.2, -0.15) is 0 Å². The summed E-state index contributed by atoms with van der Waals surface area (Å²) < 4.78 is 0. The molecule has 2 heterocycles. The molecular formula is C13H21N3. The smallest absolute Gasteiger partial charge is 0.115 e.